The van der Waals surface area contributed by atoms with E-state index in [2.05, 4.69) is 31.3 Å². The summed E-state index contributed by atoms with van der Waals surface area (Å²) in [5.41, 5.74) is 2.50. The van der Waals surface area contributed by atoms with E-state index in [4.69, 9.17) is 9.67 Å². The molecule has 2 heterocycles. The van der Waals surface area contributed by atoms with Crippen LogP contribution in [-0.2, 0) is 14.6 Å². The summed E-state index contributed by atoms with van der Waals surface area (Å²) >= 11 is 0. The van der Waals surface area contributed by atoms with Crippen LogP contribution in [0.2, 0.25) is 0 Å². The minimum Gasteiger partial charge on any atom is -0.425 e. The highest BCUT2D eigenvalue weighted by molar-refractivity contribution is 6.35. The zero-order valence-electron chi connectivity index (χ0n) is 12.1. The van der Waals surface area contributed by atoms with Gasteiger partial charge in [0.15, 0.2) is 0 Å². The Bertz CT molecular complexity index is 590. The summed E-state index contributed by atoms with van der Waals surface area (Å²) in [6, 6.07) is -0.957. The number of piperazine rings is 1. The number of hydrogen-bond acceptors (Lipinski definition) is 8. The molecular formula is C12H17N5O5. The molecule has 1 aliphatic heterocycles. The number of aromatic nitrogens is 2. The Kier molecular flexibility index (Phi) is 3.81. The lowest BCUT2D eigenvalue weighted by atomic mass is 9.70. The first-order valence-electron chi connectivity index (χ1n) is 6.98. The van der Waals surface area contributed by atoms with Crippen LogP contribution in [0.1, 0.15) is 31.0 Å². The number of carbonyl (C=O) groups is 2. The zero-order valence-corrected chi connectivity index (χ0v) is 12.1. The second-order valence-electron chi connectivity index (χ2n) is 5.67. The number of nitrogens with one attached hydrogen (secondary N) is 3. The third-order valence-electron chi connectivity index (χ3n) is 4.38. The van der Waals surface area contributed by atoms with Gasteiger partial charge in [0.05, 0.1) is 18.0 Å². The summed E-state index contributed by atoms with van der Waals surface area (Å²) < 4.78 is 5.51. The van der Waals surface area contributed by atoms with E-state index in [-0.39, 0.29) is 30.0 Å². The molecule has 0 spiro atoms. The van der Waals surface area contributed by atoms with Crippen LogP contribution in [0.3, 0.4) is 0 Å². The Hall–Kier alpha value is -2.04. The van der Waals surface area contributed by atoms with Gasteiger partial charge in [-0.05, 0) is 12.3 Å². The van der Waals surface area contributed by atoms with Crippen molar-refractivity contribution in [1.29, 1.82) is 0 Å². The normalized spacial score (nSPS) is 34.8. The summed E-state index contributed by atoms with van der Waals surface area (Å²) in [5.74, 6) is -0.987. The first-order chi connectivity index (χ1) is 10.5. The maximum absolute atomic E-state index is 11.7. The Balaban J connectivity index is 1.94. The lowest BCUT2D eigenvalue weighted by Gasteiger charge is -2.46. The fourth-order valence-electron chi connectivity index (χ4n) is 3.30. The fraction of sp³-hybridized carbons (Fsp3) is 0.667. The number of hydroxylamine groups is 1. The molecule has 2 aliphatic rings. The highest BCUT2D eigenvalue weighted by Gasteiger charge is 2.50. The van der Waals surface area contributed by atoms with Gasteiger partial charge >= 0.3 is 11.8 Å². The summed E-state index contributed by atoms with van der Waals surface area (Å²) in [4.78, 5) is 27.3. The van der Waals surface area contributed by atoms with Gasteiger partial charge in [-0.3, -0.25) is 9.59 Å². The number of fused-ring (bicyclic) bond motifs is 1. The largest absolute Gasteiger partial charge is 0.425 e. The predicted octanol–water partition coefficient (Wildman–Crippen LogP) is -1.15. The number of aryl methyl sites for hydroxylation is 1. The van der Waals surface area contributed by atoms with Gasteiger partial charge in [0.1, 0.15) is 0 Å². The molecule has 0 bridgehead atoms. The van der Waals surface area contributed by atoms with Crippen molar-refractivity contribution in [2.75, 3.05) is 0 Å². The van der Waals surface area contributed by atoms with Crippen molar-refractivity contribution in [3.05, 3.63) is 11.8 Å². The molecule has 0 radical (unpaired) electrons. The van der Waals surface area contributed by atoms with Crippen LogP contribution in [-0.4, -0.2) is 45.4 Å². The third-order valence-corrected chi connectivity index (χ3v) is 4.38. The smallest absolute Gasteiger partial charge is 0.309 e. The minimum atomic E-state index is -0.681. The second kappa shape index (κ2) is 5.63. The summed E-state index contributed by atoms with van der Waals surface area (Å²) in [7, 11) is 0. The minimum absolute atomic E-state index is 0.0939. The molecule has 1 saturated carbocycles. The molecule has 1 aromatic rings. The molecule has 2 amide bonds. The van der Waals surface area contributed by atoms with E-state index in [1.54, 1.807) is 6.92 Å². The molecule has 1 aromatic heterocycles. The standard InChI is InChI=1S/C12H17N5O5/c1-4-6(17-22-20)3-7-9(14-11(19)10(18)13-7)8(4)12-16-15-5(2)21-12/h4,6-9,17,20H,3H2,1-2H3,(H,13,18)(H,14,19). The van der Waals surface area contributed by atoms with Gasteiger partial charge in [0.2, 0.25) is 11.8 Å². The first-order valence-corrected chi connectivity index (χ1v) is 6.98. The van der Waals surface area contributed by atoms with Gasteiger partial charge in [0.25, 0.3) is 0 Å². The molecule has 5 atom stereocenters. The number of hydrogen-bond donors (Lipinski definition) is 4. The topological polar surface area (TPSA) is 139 Å². The average Bonchev–Trinajstić information content (AvgIpc) is 2.89. The Morgan fingerprint density at radius 2 is 2.05 bits per heavy atom. The van der Waals surface area contributed by atoms with Crippen molar-refractivity contribution < 1.29 is 24.3 Å². The van der Waals surface area contributed by atoms with Gasteiger partial charge in [-0.1, -0.05) is 6.92 Å². The molecule has 3 rings (SSSR count). The van der Waals surface area contributed by atoms with Crippen molar-refractivity contribution in [2.24, 2.45) is 5.92 Å². The van der Waals surface area contributed by atoms with Crippen molar-refractivity contribution in [2.45, 2.75) is 44.3 Å². The number of amides is 2. The maximum Gasteiger partial charge on any atom is 0.309 e. The monoisotopic (exact) mass is 311 g/mol. The van der Waals surface area contributed by atoms with Crippen LogP contribution in [0.5, 0.6) is 0 Å². The van der Waals surface area contributed by atoms with E-state index in [0.717, 1.165) is 0 Å². The lowest BCUT2D eigenvalue weighted by Crippen LogP contribution is -2.68. The van der Waals surface area contributed by atoms with Crippen LogP contribution in [0, 0.1) is 12.8 Å². The van der Waals surface area contributed by atoms with Crippen LogP contribution in [0.15, 0.2) is 4.42 Å². The van der Waals surface area contributed by atoms with Gasteiger partial charge < -0.3 is 15.1 Å². The predicted molar refractivity (Wildman–Crippen MR) is 70.1 cm³/mol. The molecule has 0 aromatic carbocycles. The number of rotatable bonds is 3. The van der Waals surface area contributed by atoms with E-state index in [9.17, 15) is 9.59 Å². The molecule has 10 heteroatoms. The van der Waals surface area contributed by atoms with Crippen LogP contribution in [0.4, 0.5) is 0 Å². The first kappa shape index (κ1) is 14.9. The van der Waals surface area contributed by atoms with Gasteiger partial charge in [-0.15, -0.1) is 15.2 Å². The highest BCUT2D eigenvalue weighted by Crippen LogP contribution is 2.38. The molecule has 4 N–H and O–H groups in total. The quantitative estimate of drug-likeness (QED) is 0.312. The van der Waals surface area contributed by atoms with Gasteiger partial charge in [-0.2, -0.15) is 5.48 Å². The number of carbonyl (C=O) groups excluding carboxylic acids is 2. The lowest BCUT2D eigenvalue weighted by molar-refractivity contribution is -0.304. The molecule has 10 nitrogen and oxygen atoms in total. The fourth-order valence-corrected chi connectivity index (χ4v) is 3.30. The van der Waals surface area contributed by atoms with Crippen LogP contribution in [0.25, 0.3) is 0 Å². The Labute approximate surface area is 125 Å². The Morgan fingerprint density at radius 1 is 1.32 bits per heavy atom. The van der Waals surface area contributed by atoms with Crippen LogP contribution < -0.4 is 16.1 Å². The highest BCUT2D eigenvalue weighted by atomic mass is 17.2. The molecule has 2 fully saturated rings. The molecular weight excluding hydrogens is 294 g/mol. The maximum atomic E-state index is 11.7. The number of nitrogens with zero attached hydrogens (tertiary/aromatic N) is 2. The van der Waals surface area contributed by atoms with Crippen molar-refractivity contribution in [1.82, 2.24) is 26.3 Å². The molecule has 1 aliphatic carbocycles. The Morgan fingerprint density at radius 3 is 2.68 bits per heavy atom. The van der Waals surface area contributed by atoms with Crippen molar-refractivity contribution in [3.63, 3.8) is 0 Å². The van der Waals surface area contributed by atoms with E-state index < -0.39 is 11.8 Å². The van der Waals surface area contributed by atoms with E-state index in [0.29, 0.717) is 18.2 Å². The summed E-state index contributed by atoms with van der Waals surface area (Å²) in [6.45, 7) is 3.59. The average molecular weight is 311 g/mol. The van der Waals surface area contributed by atoms with Crippen molar-refractivity contribution in [3.8, 4) is 0 Å². The van der Waals surface area contributed by atoms with Crippen LogP contribution >= 0.6 is 0 Å². The SMILES string of the molecule is Cc1nnc(C2C(C)C(NOO)CC3NC(=O)C(=O)NC32)o1. The molecule has 1 saturated heterocycles. The molecule has 5 unspecified atom stereocenters. The second-order valence-corrected chi connectivity index (χ2v) is 5.67. The van der Waals surface area contributed by atoms with E-state index in [1.807, 2.05) is 6.92 Å². The molecule has 120 valence electrons. The van der Waals surface area contributed by atoms with Crippen molar-refractivity contribution >= 4 is 11.8 Å². The van der Waals surface area contributed by atoms with E-state index in [1.165, 1.54) is 0 Å². The summed E-state index contributed by atoms with van der Waals surface area (Å²) in [5, 5.41) is 21.9. The third kappa shape index (κ3) is 2.45. The zero-order chi connectivity index (χ0) is 15.9. The van der Waals surface area contributed by atoms with Gasteiger partial charge in [-0.25, -0.2) is 5.26 Å². The van der Waals surface area contributed by atoms with Gasteiger partial charge in [0, 0.05) is 13.0 Å². The summed E-state index contributed by atoms with van der Waals surface area (Å²) in [6.07, 6.45) is 0.474. The van der Waals surface area contributed by atoms with E-state index >= 15 is 0 Å². The molecule has 22 heavy (non-hydrogen) atoms.